The van der Waals surface area contributed by atoms with E-state index < -0.39 is 0 Å². The molecule has 1 atom stereocenters. The summed E-state index contributed by atoms with van der Waals surface area (Å²) in [6.07, 6.45) is 10.0. The first-order chi connectivity index (χ1) is 5.93. The van der Waals surface area contributed by atoms with Crippen LogP contribution in [0.3, 0.4) is 0 Å². The highest BCUT2D eigenvalue weighted by atomic mass is 14.9. The minimum atomic E-state index is 0.996. The van der Waals surface area contributed by atoms with Crippen molar-refractivity contribution in [2.45, 2.75) is 51.9 Å². The van der Waals surface area contributed by atoms with E-state index in [1.807, 2.05) is 0 Å². The summed E-state index contributed by atoms with van der Waals surface area (Å²) in [5.74, 6) is 0.996. The largest absolute Gasteiger partial charge is 0.316 e. The predicted molar refractivity (Wildman–Crippen MR) is 54.4 cm³/mol. The van der Waals surface area contributed by atoms with Gasteiger partial charge in [-0.3, -0.25) is 0 Å². The lowest BCUT2D eigenvalue weighted by Gasteiger charge is -2.22. The SMILES string of the molecule is CCCCCCC1CCCNC1. The summed E-state index contributed by atoms with van der Waals surface area (Å²) >= 11 is 0. The fourth-order valence-corrected chi connectivity index (χ4v) is 2.03. The van der Waals surface area contributed by atoms with Gasteiger partial charge < -0.3 is 5.32 Å². The van der Waals surface area contributed by atoms with Crippen LogP contribution in [0.1, 0.15) is 51.9 Å². The number of hydrogen-bond acceptors (Lipinski definition) is 1. The Hall–Kier alpha value is -0.0400. The molecular formula is C11H23N. The van der Waals surface area contributed by atoms with Crippen molar-refractivity contribution in [2.24, 2.45) is 5.92 Å². The Morgan fingerprint density at radius 3 is 2.83 bits per heavy atom. The molecule has 0 amide bonds. The fourth-order valence-electron chi connectivity index (χ4n) is 2.03. The van der Waals surface area contributed by atoms with Crippen LogP contribution in [0.15, 0.2) is 0 Å². The van der Waals surface area contributed by atoms with Gasteiger partial charge in [-0.1, -0.05) is 32.6 Å². The highest BCUT2D eigenvalue weighted by Crippen LogP contribution is 2.17. The average molecular weight is 169 g/mol. The summed E-state index contributed by atoms with van der Waals surface area (Å²) in [5, 5.41) is 3.48. The summed E-state index contributed by atoms with van der Waals surface area (Å²) in [7, 11) is 0. The quantitative estimate of drug-likeness (QED) is 0.624. The van der Waals surface area contributed by atoms with Gasteiger partial charge in [-0.15, -0.1) is 0 Å². The molecule has 0 aromatic heterocycles. The van der Waals surface area contributed by atoms with Crippen molar-refractivity contribution < 1.29 is 0 Å². The van der Waals surface area contributed by atoms with E-state index in [0.717, 1.165) is 5.92 Å². The smallest absolute Gasteiger partial charge is 0.00205 e. The summed E-state index contributed by atoms with van der Waals surface area (Å²) in [6.45, 7) is 4.82. The van der Waals surface area contributed by atoms with Gasteiger partial charge in [-0.05, 0) is 38.3 Å². The molecule has 1 unspecified atom stereocenters. The van der Waals surface area contributed by atoms with Gasteiger partial charge in [-0.25, -0.2) is 0 Å². The standard InChI is InChI=1S/C11H23N/c1-2-3-4-5-7-11-8-6-9-12-10-11/h11-12H,2-10H2,1H3. The number of nitrogens with one attached hydrogen (secondary N) is 1. The lowest BCUT2D eigenvalue weighted by atomic mass is 9.93. The highest BCUT2D eigenvalue weighted by molar-refractivity contribution is 4.68. The van der Waals surface area contributed by atoms with Gasteiger partial charge in [0.05, 0.1) is 0 Å². The molecule has 12 heavy (non-hydrogen) atoms. The molecule has 0 aromatic carbocycles. The van der Waals surface area contributed by atoms with Crippen LogP contribution in [0.4, 0.5) is 0 Å². The van der Waals surface area contributed by atoms with Gasteiger partial charge in [-0.2, -0.15) is 0 Å². The molecule has 1 rings (SSSR count). The summed E-state index contributed by atoms with van der Waals surface area (Å²) in [6, 6.07) is 0. The van der Waals surface area contributed by atoms with Gasteiger partial charge in [0.2, 0.25) is 0 Å². The fraction of sp³-hybridized carbons (Fsp3) is 1.00. The van der Waals surface area contributed by atoms with Crippen LogP contribution in [-0.2, 0) is 0 Å². The molecule has 1 saturated heterocycles. The molecular weight excluding hydrogens is 146 g/mol. The van der Waals surface area contributed by atoms with Crippen molar-refractivity contribution in [1.29, 1.82) is 0 Å². The van der Waals surface area contributed by atoms with E-state index in [4.69, 9.17) is 0 Å². The van der Waals surface area contributed by atoms with Gasteiger partial charge in [0.15, 0.2) is 0 Å². The first-order valence-electron chi connectivity index (χ1n) is 5.64. The zero-order chi connectivity index (χ0) is 8.65. The highest BCUT2D eigenvalue weighted by Gasteiger charge is 2.11. The Morgan fingerprint density at radius 2 is 2.17 bits per heavy atom. The zero-order valence-electron chi connectivity index (χ0n) is 8.44. The van der Waals surface area contributed by atoms with Crippen molar-refractivity contribution >= 4 is 0 Å². The molecule has 0 saturated carbocycles. The molecule has 1 nitrogen and oxygen atoms in total. The lowest BCUT2D eigenvalue weighted by Crippen LogP contribution is -2.29. The van der Waals surface area contributed by atoms with Crippen molar-refractivity contribution in [2.75, 3.05) is 13.1 Å². The molecule has 0 aromatic rings. The van der Waals surface area contributed by atoms with E-state index in [-0.39, 0.29) is 0 Å². The van der Waals surface area contributed by atoms with E-state index >= 15 is 0 Å². The second-order valence-electron chi connectivity index (χ2n) is 4.06. The Balaban J connectivity index is 1.91. The molecule has 72 valence electrons. The van der Waals surface area contributed by atoms with Gasteiger partial charge >= 0.3 is 0 Å². The molecule has 0 radical (unpaired) electrons. The zero-order valence-corrected chi connectivity index (χ0v) is 8.44. The third-order valence-electron chi connectivity index (χ3n) is 2.86. The lowest BCUT2D eigenvalue weighted by molar-refractivity contribution is 0.346. The Morgan fingerprint density at radius 1 is 1.25 bits per heavy atom. The van der Waals surface area contributed by atoms with E-state index in [2.05, 4.69) is 12.2 Å². The first kappa shape index (κ1) is 10.0. The van der Waals surface area contributed by atoms with E-state index in [1.165, 1.54) is 58.0 Å². The molecule has 1 heteroatoms. The molecule has 1 aliphatic rings. The maximum absolute atomic E-state index is 3.48. The number of rotatable bonds is 5. The van der Waals surface area contributed by atoms with Gasteiger partial charge in [0.1, 0.15) is 0 Å². The minimum Gasteiger partial charge on any atom is -0.316 e. The number of hydrogen-bond donors (Lipinski definition) is 1. The van der Waals surface area contributed by atoms with Crippen molar-refractivity contribution in [3.05, 3.63) is 0 Å². The number of piperidine rings is 1. The van der Waals surface area contributed by atoms with Gasteiger partial charge in [0, 0.05) is 0 Å². The van der Waals surface area contributed by atoms with E-state index in [1.54, 1.807) is 0 Å². The van der Waals surface area contributed by atoms with Crippen molar-refractivity contribution in [1.82, 2.24) is 5.32 Å². The average Bonchev–Trinajstić information content (AvgIpc) is 2.14. The van der Waals surface area contributed by atoms with Crippen LogP contribution in [0, 0.1) is 5.92 Å². The monoisotopic (exact) mass is 169 g/mol. The first-order valence-corrected chi connectivity index (χ1v) is 5.64. The Labute approximate surface area is 76.9 Å². The Bertz CT molecular complexity index is 95.2. The summed E-state index contributed by atoms with van der Waals surface area (Å²) in [4.78, 5) is 0. The second-order valence-corrected chi connectivity index (χ2v) is 4.06. The van der Waals surface area contributed by atoms with E-state index in [0.29, 0.717) is 0 Å². The topological polar surface area (TPSA) is 12.0 Å². The third-order valence-corrected chi connectivity index (χ3v) is 2.86. The van der Waals surface area contributed by atoms with Crippen LogP contribution in [0.5, 0.6) is 0 Å². The molecule has 1 aliphatic heterocycles. The predicted octanol–water partition coefficient (Wildman–Crippen LogP) is 2.96. The normalized spacial score (nSPS) is 24.2. The molecule has 0 spiro atoms. The maximum Gasteiger partial charge on any atom is -0.00205 e. The molecule has 0 bridgehead atoms. The van der Waals surface area contributed by atoms with Crippen LogP contribution in [0.2, 0.25) is 0 Å². The van der Waals surface area contributed by atoms with Crippen molar-refractivity contribution in [3.63, 3.8) is 0 Å². The van der Waals surface area contributed by atoms with Crippen LogP contribution in [0.25, 0.3) is 0 Å². The minimum absolute atomic E-state index is 0.996. The van der Waals surface area contributed by atoms with Crippen LogP contribution in [-0.4, -0.2) is 13.1 Å². The molecule has 1 N–H and O–H groups in total. The number of unbranched alkanes of at least 4 members (excludes halogenated alkanes) is 3. The van der Waals surface area contributed by atoms with Crippen LogP contribution >= 0.6 is 0 Å². The van der Waals surface area contributed by atoms with Crippen LogP contribution < -0.4 is 5.32 Å². The van der Waals surface area contributed by atoms with Gasteiger partial charge in [0.25, 0.3) is 0 Å². The third kappa shape index (κ3) is 4.10. The summed E-state index contributed by atoms with van der Waals surface area (Å²) < 4.78 is 0. The molecule has 1 fully saturated rings. The molecule has 1 heterocycles. The molecule has 0 aliphatic carbocycles. The van der Waals surface area contributed by atoms with Crippen molar-refractivity contribution in [3.8, 4) is 0 Å². The maximum atomic E-state index is 3.48. The summed E-state index contributed by atoms with van der Waals surface area (Å²) in [5.41, 5.74) is 0. The Kier molecular flexibility index (Phi) is 5.42. The second kappa shape index (κ2) is 6.47. The van der Waals surface area contributed by atoms with E-state index in [9.17, 15) is 0 Å².